The molecule has 41 heavy (non-hydrogen) atoms. The lowest BCUT2D eigenvalue weighted by atomic mass is 9.79. The van der Waals surface area contributed by atoms with Crippen LogP contribution in [0, 0.1) is 5.92 Å². The molecule has 1 saturated carbocycles. The van der Waals surface area contributed by atoms with Crippen LogP contribution in [0.1, 0.15) is 42.7 Å². The van der Waals surface area contributed by atoms with Crippen molar-refractivity contribution in [3.63, 3.8) is 0 Å². The summed E-state index contributed by atoms with van der Waals surface area (Å²) in [5.41, 5.74) is 7.37. The zero-order chi connectivity index (χ0) is 28.8. The van der Waals surface area contributed by atoms with Crippen LogP contribution in [-0.4, -0.2) is 90.1 Å². The van der Waals surface area contributed by atoms with Crippen molar-refractivity contribution in [1.29, 1.82) is 0 Å². The first-order valence-corrected chi connectivity index (χ1v) is 14.0. The Morgan fingerprint density at radius 1 is 1.12 bits per heavy atom. The molecule has 6 rings (SSSR count). The number of hydrazine groups is 1. The fourth-order valence-corrected chi connectivity index (χ4v) is 6.43. The molecule has 0 bridgehead atoms. The predicted octanol–water partition coefficient (Wildman–Crippen LogP) is 2.53. The third-order valence-corrected chi connectivity index (χ3v) is 8.87. The van der Waals surface area contributed by atoms with Crippen molar-refractivity contribution in [3.05, 3.63) is 41.6 Å². The van der Waals surface area contributed by atoms with Crippen molar-refractivity contribution in [2.45, 2.75) is 49.6 Å². The summed E-state index contributed by atoms with van der Waals surface area (Å²) in [7, 11) is 3.15. The smallest absolute Gasteiger partial charge is 0.327 e. The number of urea groups is 1. The molecule has 1 spiro atoms. The fraction of sp³-hybridized carbons (Fsp3) is 0.571. The number of carbonyl (C=O) groups excluding carboxylic acids is 2. The van der Waals surface area contributed by atoms with Gasteiger partial charge in [-0.05, 0) is 30.5 Å². The Kier molecular flexibility index (Phi) is 7.18. The average Bonchev–Trinajstić information content (AvgIpc) is 3.59. The number of likely N-dealkylation sites (tertiary alicyclic amines) is 1. The Labute approximate surface area is 237 Å². The zero-order valence-corrected chi connectivity index (χ0v) is 23.2. The van der Waals surface area contributed by atoms with Crippen LogP contribution in [0.25, 0.3) is 0 Å². The van der Waals surface area contributed by atoms with Gasteiger partial charge in [-0.25, -0.2) is 18.6 Å². The number of amides is 3. The lowest BCUT2D eigenvalue weighted by molar-refractivity contribution is -0.161. The summed E-state index contributed by atoms with van der Waals surface area (Å²) in [6.45, 7) is 2.89. The Morgan fingerprint density at radius 2 is 1.85 bits per heavy atom. The Bertz CT molecular complexity index is 1310. The van der Waals surface area contributed by atoms with E-state index in [0.717, 1.165) is 11.1 Å². The van der Waals surface area contributed by atoms with Crippen molar-refractivity contribution in [3.8, 4) is 11.6 Å². The number of piperidine rings is 1. The molecule has 2 aromatic rings. The van der Waals surface area contributed by atoms with Crippen LogP contribution in [0.4, 0.5) is 19.5 Å². The van der Waals surface area contributed by atoms with E-state index in [4.69, 9.17) is 9.47 Å². The molecule has 1 aromatic heterocycles. The van der Waals surface area contributed by atoms with Gasteiger partial charge in [0.15, 0.2) is 0 Å². The molecule has 4 aliphatic rings. The topological polar surface area (TPSA) is 112 Å². The van der Waals surface area contributed by atoms with E-state index in [-0.39, 0.29) is 36.6 Å². The Morgan fingerprint density at radius 3 is 2.51 bits per heavy atom. The molecule has 11 nitrogen and oxygen atoms in total. The number of alkyl halides is 2. The highest BCUT2D eigenvalue weighted by Crippen LogP contribution is 2.45. The minimum absolute atomic E-state index is 0.140. The predicted molar refractivity (Wildman–Crippen MR) is 145 cm³/mol. The molecule has 3 amide bonds. The monoisotopic (exact) mass is 571 g/mol. The number of methoxy groups -OCH3 is 2. The quantitative estimate of drug-likeness (QED) is 0.522. The molecular weight excluding hydrogens is 536 g/mol. The average molecular weight is 572 g/mol. The van der Waals surface area contributed by atoms with Gasteiger partial charge in [-0.15, -0.1) is 0 Å². The second-order valence-corrected chi connectivity index (χ2v) is 11.4. The van der Waals surface area contributed by atoms with Crippen molar-refractivity contribution in [2.75, 3.05) is 51.8 Å². The van der Waals surface area contributed by atoms with Crippen LogP contribution in [0.5, 0.6) is 11.6 Å². The summed E-state index contributed by atoms with van der Waals surface area (Å²) < 4.78 is 37.8. The maximum Gasteiger partial charge on any atom is 0.327 e. The molecule has 220 valence electrons. The second kappa shape index (κ2) is 10.7. The second-order valence-electron chi connectivity index (χ2n) is 11.4. The first-order valence-electron chi connectivity index (χ1n) is 14.0. The molecule has 0 radical (unpaired) electrons. The number of aromatic nitrogens is 2. The van der Waals surface area contributed by atoms with Gasteiger partial charge in [0.05, 0.1) is 26.3 Å². The Balaban J connectivity index is 1.26. The van der Waals surface area contributed by atoms with Crippen LogP contribution < -0.4 is 25.2 Å². The van der Waals surface area contributed by atoms with Crippen LogP contribution in [0.2, 0.25) is 0 Å². The normalized spacial score (nSPS) is 22.3. The summed E-state index contributed by atoms with van der Waals surface area (Å²) in [5, 5.41) is 0. The van der Waals surface area contributed by atoms with Crippen LogP contribution in [-0.2, 0) is 11.3 Å². The van der Waals surface area contributed by atoms with E-state index >= 15 is 0 Å². The maximum atomic E-state index is 14.0. The van der Waals surface area contributed by atoms with Gasteiger partial charge in [-0.3, -0.25) is 20.5 Å². The fourth-order valence-electron chi connectivity index (χ4n) is 6.43. The molecule has 2 N–H and O–H groups in total. The van der Waals surface area contributed by atoms with Gasteiger partial charge in [0.2, 0.25) is 23.7 Å². The molecule has 13 heteroatoms. The molecule has 0 unspecified atom stereocenters. The third-order valence-electron chi connectivity index (χ3n) is 8.87. The number of halogens is 2. The lowest BCUT2D eigenvalue weighted by Crippen LogP contribution is -2.57. The molecule has 1 aromatic carbocycles. The number of anilines is 1. The summed E-state index contributed by atoms with van der Waals surface area (Å²) >= 11 is 0. The molecular formula is C28H35F2N7O4. The summed E-state index contributed by atoms with van der Waals surface area (Å²) in [5.74, 6) is -2.07. The van der Waals surface area contributed by atoms with Gasteiger partial charge in [0.25, 0.3) is 0 Å². The van der Waals surface area contributed by atoms with Crippen molar-refractivity contribution >= 4 is 17.9 Å². The number of hydrogen-bond donors (Lipinski definition) is 2. The van der Waals surface area contributed by atoms with E-state index in [1.807, 2.05) is 29.2 Å². The molecule has 1 aliphatic carbocycles. The summed E-state index contributed by atoms with van der Waals surface area (Å²) in [4.78, 5) is 41.3. The number of nitrogens with one attached hydrogen (secondary N) is 2. The van der Waals surface area contributed by atoms with Crippen LogP contribution >= 0.6 is 0 Å². The van der Waals surface area contributed by atoms with E-state index in [9.17, 15) is 18.4 Å². The number of benzene rings is 1. The first-order chi connectivity index (χ1) is 19.7. The summed E-state index contributed by atoms with van der Waals surface area (Å²) in [6.07, 6.45) is 1.99. The highest BCUT2D eigenvalue weighted by molar-refractivity contribution is 5.94. The van der Waals surface area contributed by atoms with Crippen LogP contribution in [0.15, 0.2) is 30.5 Å². The van der Waals surface area contributed by atoms with Crippen LogP contribution in [0.3, 0.4) is 0 Å². The molecule has 0 atom stereocenters. The number of nitrogens with zero attached hydrogens (tertiary/aromatic N) is 5. The largest absolute Gasteiger partial charge is 0.497 e. The number of carbonyl (C=O) groups is 2. The number of ether oxygens (including phenoxy) is 2. The lowest BCUT2D eigenvalue weighted by Gasteiger charge is -2.45. The highest BCUT2D eigenvalue weighted by Gasteiger charge is 2.54. The van der Waals surface area contributed by atoms with Crippen molar-refractivity contribution < 1.29 is 27.8 Å². The van der Waals surface area contributed by atoms with Gasteiger partial charge in [0, 0.05) is 69.2 Å². The number of rotatable bonds is 7. The molecule has 3 aliphatic heterocycles. The van der Waals surface area contributed by atoms with E-state index in [1.54, 1.807) is 30.2 Å². The number of hydrogen-bond acceptors (Lipinski definition) is 8. The van der Waals surface area contributed by atoms with Gasteiger partial charge in [-0.1, -0.05) is 12.1 Å². The third kappa shape index (κ3) is 5.16. The van der Waals surface area contributed by atoms with Gasteiger partial charge in [-0.2, -0.15) is 4.98 Å². The van der Waals surface area contributed by atoms with E-state index in [1.165, 1.54) is 0 Å². The highest BCUT2D eigenvalue weighted by atomic mass is 19.3. The SMILES string of the molecule is COc1cccc(CN2C(=O)N(c3ncc(C4CNNC4)c(OC)n3)CC23CCN(C(=O)C2CC(F)(F)C2)CC3)c1. The zero-order valence-electron chi connectivity index (χ0n) is 23.2. The van der Waals surface area contributed by atoms with Gasteiger partial charge < -0.3 is 19.3 Å². The Hall–Kier alpha value is -3.58. The van der Waals surface area contributed by atoms with Gasteiger partial charge in [0.1, 0.15) is 5.75 Å². The van der Waals surface area contributed by atoms with E-state index < -0.39 is 17.4 Å². The minimum Gasteiger partial charge on any atom is -0.497 e. The van der Waals surface area contributed by atoms with Gasteiger partial charge >= 0.3 is 6.03 Å². The molecule has 4 heterocycles. The van der Waals surface area contributed by atoms with E-state index in [2.05, 4.69) is 20.8 Å². The molecule has 3 saturated heterocycles. The maximum absolute atomic E-state index is 14.0. The standard InChI is InChI=1S/C28H35F2N7O4/c1-40-21-5-3-4-18(10-21)16-37-26(39)36(25-31-15-22(23(34-25)41-2)20-13-32-33-14-20)17-27(37)6-8-35(9-7-27)24(38)19-11-28(29,30)12-19/h3-5,10,15,19-20,32-33H,6-9,11-14,16-17H2,1-2H3. The van der Waals surface area contributed by atoms with Crippen molar-refractivity contribution in [2.24, 2.45) is 5.92 Å². The molecule has 4 fully saturated rings. The summed E-state index contributed by atoms with van der Waals surface area (Å²) in [6, 6.07) is 7.35. The first kappa shape index (κ1) is 27.6. The van der Waals surface area contributed by atoms with E-state index in [0.29, 0.717) is 63.7 Å². The van der Waals surface area contributed by atoms with Crippen molar-refractivity contribution in [1.82, 2.24) is 30.6 Å². The minimum atomic E-state index is -2.75.